The quantitative estimate of drug-likeness (QED) is 0.413. The van der Waals surface area contributed by atoms with Gasteiger partial charge in [0.2, 0.25) is 18.2 Å². The molecule has 29 heavy (non-hydrogen) atoms. The van der Waals surface area contributed by atoms with Crippen molar-refractivity contribution in [1.29, 1.82) is 0 Å². The van der Waals surface area contributed by atoms with E-state index in [1.165, 1.54) is 5.06 Å². The first-order valence-electron chi connectivity index (χ1n) is 10.1. The highest BCUT2D eigenvalue weighted by Crippen LogP contribution is 2.21. The van der Waals surface area contributed by atoms with Crippen LogP contribution in [0.5, 0.6) is 0 Å². The first-order valence-corrected chi connectivity index (χ1v) is 10.1. The summed E-state index contributed by atoms with van der Waals surface area (Å²) < 4.78 is 0. The molecule has 1 aromatic rings. The molecule has 0 saturated heterocycles. The SMILES string of the molecule is CCCCC(CN(C=O)OCc1ccccc1)C(=O)NC(C(=O)NC)C(C)(C)C. The minimum atomic E-state index is -0.668. The number of carbonyl (C=O) groups excluding carboxylic acids is 3. The molecular weight excluding hydrogens is 370 g/mol. The molecule has 1 rings (SSSR count). The largest absolute Gasteiger partial charge is 0.357 e. The summed E-state index contributed by atoms with van der Waals surface area (Å²) in [5.74, 6) is -0.963. The van der Waals surface area contributed by atoms with Crippen LogP contribution in [0.1, 0.15) is 52.5 Å². The fraction of sp³-hybridized carbons (Fsp3) is 0.591. The predicted molar refractivity (Wildman–Crippen MR) is 112 cm³/mol. The van der Waals surface area contributed by atoms with Gasteiger partial charge in [0.05, 0.1) is 12.5 Å². The maximum absolute atomic E-state index is 13.0. The highest BCUT2D eigenvalue weighted by Gasteiger charge is 2.34. The molecule has 3 amide bonds. The van der Waals surface area contributed by atoms with Gasteiger partial charge in [0.15, 0.2) is 0 Å². The van der Waals surface area contributed by atoms with E-state index < -0.39 is 17.4 Å². The van der Waals surface area contributed by atoms with Crippen LogP contribution in [-0.2, 0) is 25.8 Å². The van der Waals surface area contributed by atoms with E-state index in [1.54, 1.807) is 7.05 Å². The van der Waals surface area contributed by atoms with Crippen LogP contribution < -0.4 is 10.6 Å². The summed E-state index contributed by atoms with van der Waals surface area (Å²) in [6.07, 6.45) is 2.96. The molecule has 0 aliphatic rings. The first kappa shape index (κ1) is 24.6. The van der Waals surface area contributed by atoms with Gasteiger partial charge in [-0.25, -0.2) is 5.06 Å². The number of hydroxylamine groups is 2. The van der Waals surface area contributed by atoms with Crippen molar-refractivity contribution in [2.45, 2.75) is 59.6 Å². The first-order chi connectivity index (χ1) is 13.7. The molecule has 162 valence electrons. The molecule has 2 atom stereocenters. The van der Waals surface area contributed by atoms with Gasteiger partial charge in [-0.2, -0.15) is 0 Å². The molecule has 0 bridgehead atoms. The zero-order chi connectivity index (χ0) is 21.9. The molecule has 0 aliphatic carbocycles. The van der Waals surface area contributed by atoms with Gasteiger partial charge in [0.1, 0.15) is 12.6 Å². The number of unbranched alkanes of at least 4 members (excludes halogenated alkanes) is 1. The number of nitrogens with zero attached hydrogens (tertiary/aromatic N) is 1. The van der Waals surface area contributed by atoms with Crippen LogP contribution >= 0.6 is 0 Å². The Morgan fingerprint density at radius 1 is 1.17 bits per heavy atom. The van der Waals surface area contributed by atoms with Gasteiger partial charge in [-0.3, -0.25) is 19.2 Å². The van der Waals surface area contributed by atoms with Crippen molar-refractivity contribution in [3.05, 3.63) is 35.9 Å². The lowest BCUT2D eigenvalue weighted by Gasteiger charge is -2.32. The van der Waals surface area contributed by atoms with Gasteiger partial charge >= 0.3 is 0 Å². The molecule has 0 spiro atoms. The van der Waals surface area contributed by atoms with Gasteiger partial charge in [-0.05, 0) is 17.4 Å². The summed E-state index contributed by atoms with van der Waals surface area (Å²) in [6.45, 7) is 8.11. The maximum Gasteiger partial charge on any atom is 0.242 e. The molecule has 0 fully saturated rings. The van der Waals surface area contributed by atoms with E-state index in [0.717, 1.165) is 18.4 Å². The number of rotatable bonds is 12. The molecule has 7 nitrogen and oxygen atoms in total. The molecule has 0 aromatic heterocycles. The normalized spacial score (nSPS) is 13.3. The highest BCUT2D eigenvalue weighted by molar-refractivity contribution is 5.89. The van der Waals surface area contributed by atoms with Gasteiger partial charge < -0.3 is 10.6 Å². The van der Waals surface area contributed by atoms with E-state index in [0.29, 0.717) is 12.8 Å². The lowest BCUT2D eigenvalue weighted by molar-refractivity contribution is -0.182. The average Bonchev–Trinajstić information content (AvgIpc) is 2.70. The Morgan fingerprint density at radius 3 is 2.34 bits per heavy atom. The number of hydrogen-bond donors (Lipinski definition) is 2. The predicted octanol–water partition coefficient (Wildman–Crippen LogP) is 2.66. The fourth-order valence-electron chi connectivity index (χ4n) is 2.91. The number of nitrogens with one attached hydrogen (secondary N) is 2. The second kappa shape index (κ2) is 12.2. The van der Waals surface area contributed by atoms with Crippen LogP contribution in [0.4, 0.5) is 0 Å². The number of hydrogen-bond acceptors (Lipinski definition) is 4. The van der Waals surface area contributed by atoms with E-state index >= 15 is 0 Å². The average molecular weight is 406 g/mol. The second-order valence-corrected chi connectivity index (χ2v) is 8.23. The van der Waals surface area contributed by atoms with Crippen molar-refractivity contribution < 1.29 is 19.2 Å². The fourth-order valence-corrected chi connectivity index (χ4v) is 2.91. The molecule has 7 heteroatoms. The Labute approximate surface area is 174 Å². The van der Waals surface area contributed by atoms with Crippen molar-refractivity contribution in [3.63, 3.8) is 0 Å². The summed E-state index contributed by atoms with van der Waals surface area (Å²) in [7, 11) is 1.55. The van der Waals surface area contributed by atoms with E-state index in [-0.39, 0.29) is 25.0 Å². The number of amides is 3. The summed E-state index contributed by atoms with van der Waals surface area (Å²) >= 11 is 0. The summed E-state index contributed by atoms with van der Waals surface area (Å²) in [4.78, 5) is 42.3. The van der Waals surface area contributed by atoms with Crippen molar-refractivity contribution >= 4 is 18.2 Å². The Hall–Kier alpha value is -2.41. The Bertz CT molecular complexity index is 643. The molecule has 0 aliphatic heterocycles. The third-order valence-corrected chi connectivity index (χ3v) is 4.70. The Kier molecular flexibility index (Phi) is 10.4. The van der Waals surface area contributed by atoms with Crippen LogP contribution in [0.25, 0.3) is 0 Å². The number of benzene rings is 1. The zero-order valence-electron chi connectivity index (χ0n) is 18.2. The highest BCUT2D eigenvalue weighted by atomic mass is 16.7. The molecule has 1 aromatic carbocycles. The standard InChI is InChI=1S/C22H35N3O4/c1-6-7-13-18(20(27)24-19(21(28)23-5)22(2,3)4)14-25(16-26)29-15-17-11-9-8-10-12-17/h8-12,16,18-19H,6-7,13-15H2,1-5H3,(H,23,28)(H,24,27). The molecule has 0 heterocycles. The Balaban J connectivity index is 2.82. The molecule has 0 radical (unpaired) electrons. The lowest BCUT2D eigenvalue weighted by atomic mass is 9.85. The second-order valence-electron chi connectivity index (χ2n) is 8.23. The van der Waals surface area contributed by atoms with Gasteiger partial charge in [0.25, 0.3) is 0 Å². The van der Waals surface area contributed by atoms with E-state index in [4.69, 9.17) is 4.84 Å². The van der Waals surface area contributed by atoms with Crippen LogP contribution in [0, 0.1) is 11.3 Å². The van der Waals surface area contributed by atoms with Gasteiger partial charge in [-0.15, -0.1) is 0 Å². The van der Waals surface area contributed by atoms with E-state index in [1.807, 2.05) is 58.0 Å². The van der Waals surface area contributed by atoms with Crippen LogP contribution in [0.2, 0.25) is 0 Å². The third-order valence-electron chi connectivity index (χ3n) is 4.70. The summed E-state index contributed by atoms with van der Waals surface area (Å²) in [5.41, 5.74) is 0.487. The van der Waals surface area contributed by atoms with Crippen LogP contribution in [0.15, 0.2) is 30.3 Å². The van der Waals surface area contributed by atoms with Crippen molar-refractivity contribution in [3.8, 4) is 0 Å². The molecule has 0 saturated carbocycles. The van der Waals surface area contributed by atoms with Crippen molar-refractivity contribution in [2.75, 3.05) is 13.6 Å². The van der Waals surface area contributed by atoms with Crippen LogP contribution in [-0.4, -0.2) is 42.9 Å². The lowest BCUT2D eigenvalue weighted by Crippen LogP contribution is -2.55. The minimum Gasteiger partial charge on any atom is -0.357 e. The van der Waals surface area contributed by atoms with Crippen molar-refractivity contribution in [2.24, 2.45) is 11.3 Å². The minimum absolute atomic E-state index is 0.132. The van der Waals surface area contributed by atoms with Gasteiger partial charge in [-0.1, -0.05) is 70.9 Å². The third kappa shape index (κ3) is 8.64. The summed E-state index contributed by atoms with van der Waals surface area (Å²) in [6, 6.07) is 8.84. The van der Waals surface area contributed by atoms with Crippen LogP contribution in [0.3, 0.4) is 0 Å². The maximum atomic E-state index is 13.0. The monoisotopic (exact) mass is 405 g/mol. The smallest absolute Gasteiger partial charge is 0.242 e. The van der Waals surface area contributed by atoms with Gasteiger partial charge in [0, 0.05) is 7.05 Å². The van der Waals surface area contributed by atoms with Crippen molar-refractivity contribution in [1.82, 2.24) is 15.7 Å². The van der Waals surface area contributed by atoms with E-state index in [2.05, 4.69) is 10.6 Å². The zero-order valence-corrected chi connectivity index (χ0v) is 18.2. The topological polar surface area (TPSA) is 87.7 Å². The molecule has 2 N–H and O–H groups in total. The number of likely N-dealkylation sites (N-methyl/N-ethyl adjacent to an activating group) is 1. The number of carbonyl (C=O) groups is 3. The summed E-state index contributed by atoms with van der Waals surface area (Å²) in [5, 5.41) is 6.64. The van der Waals surface area contributed by atoms with E-state index in [9.17, 15) is 14.4 Å². The molecule has 2 unspecified atom stereocenters. The Morgan fingerprint density at radius 2 is 1.83 bits per heavy atom. The molecular formula is C22H35N3O4.